The quantitative estimate of drug-likeness (QED) is 0.736. The second-order valence-corrected chi connectivity index (χ2v) is 6.07. The predicted octanol–water partition coefficient (Wildman–Crippen LogP) is 3.66. The van der Waals surface area contributed by atoms with E-state index in [0.29, 0.717) is 12.1 Å². The van der Waals surface area contributed by atoms with Gasteiger partial charge in [0.2, 0.25) is 0 Å². The molecule has 0 aliphatic rings. The molecule has 0 bridgehead atoms. The standard InChI is InChI=1S/C19H21N3O2/c1-13-6-5-7-16(10-13)22-15(3)18(11-20-22)19(23)21(4)12-17-9-8-14(2)24-17/h5-11H,12H2,1-4H3. The Hall–Kier alpha value is -2.82. The van der Waals surface area contributed by atoms with Crippen LogP contribution in [0.1, 0.15) is 33.1 Å². The summed E-state index contributed by atoms with van der Waals surface area (Å²) in [5, 5.41) is 4.39. The second-order valence-electron chi connectivity index (χ2n) is 6.07. The van der Waals surface area contributed by atoms with Crippen LogP contribution in [0.2, 0.25) is 0 Å². The summed E-state index contributed by atoms with van der Waals surface area (Å²) in [6.07, 6.45) is 1.63. The van der Waals surface area contributed by atoms with Crippen LogP contribution in [0, 0.1) is 20.8 Å². The SMILES string of the molecule is Cc1cccc(-n2ncc(C(=O)N(C)Cc3ccc(C)o3)c2C)c1. The number of hydrogen-bond donors (Lipinski definition) is 0. The summed E-state index contributed by atoms with van der Waals surface area (Å²) in [5.41, 5.74) is 3.53. The molecule has 0 N–H and O–H groups in total. The first-order valence-corrected chi connectivity index (χ1v) is 7.88. The normalized spacial score (nSPS) is 10.8. The lowest BCUT2D eigenvalue weighted by Gasteiger charge is -2.15. The molecule has 24 heavy (non-hydrogen) atoms. The maximum atomic E-state index is 12.7. The number of furan rings is 1. The van der Waals surface area contributed by atoms with Crippen LogP contribution in [-0.2, 0) is 6.54 Å². The van der Waals surface area contributed by atoms with Gasteiger partial charge in [-0.25, -0.2) is 4.68 Å². The number of aryl methyl sites for hydroxylation is 2. The zero-order chi connectivity index (χ0) is 17.3. The average Bonchev–Trinajstić information content (AvgIpc) is 3.12. The van der Waals surface area contributed by atoms with Crippen LogP contribution in [0.3, 0.4) is 0 Å². The summed E-state index contributed by atoms with van der Waals surface area (Å²) in [5.74, 6) is 1.54. The van der Waals surface area contributed by atoms with Gasteiger partial charge in [0.25, 0.3) is 5.91 Å². The number of carbonyl (C=O) groups excluding carboxylic acids is 1. The summed E-state index contributed by atoms with van der Waals surface area (Å²) in [7, 11) is 1.77. The minimum atomic E-state index is -0.0690. The van der Waals surface area contributed by atoms with E-state index in [9.17, 15) is 4.79 Å². The van der Waals surface area contributed by atoms with Crippen LogP contribution in [0.25, 0.3) is 5.69 Å². The van der Waals surface area contributed by atoms with Crippen molar-refractivity contribution in [2.75, 3.05) is 7.05 Å². The van der Waals surface area contributed by atoms with Crippen molar-refractivity contribution in [1.29, 1.82) is 0 Å². The fourth-order valence-corrected chi connectivity index (χ4v) is 2.72. The van der Waals surface area contributed by atoms with Gasteiger partial charge >= 0.3 is 0 Å². The van der Waals surface area contributed by atoms with Gasteiger partial charge in [0, 0.05) is 7.05 Å². The highest BCUT2D eigenvalue weighted by atomic mass is 16.3. The molecular weight excluding hydrogens is 302 g/mol. The molecule has 0 aliphatic carbocycles. The summed E-state index contributed by atoms with van der Waals surface area (Å²) in [6, 6.07) is 11.8. The van der Waals surface area contributed by atoms with Crippen LogP contribution in [0.5, 0.6) is 0 Å². The average molecular weight is 323 g/mol. The maximum absolute atomic E-state index is 12.7. The van der Waals surface area contributed by atoms with Gasteiger partial charge < -0.3 is 9.32 Å². The van der Waals surface area contributed by atoms with Gasteiger partial charge in [-0.3, -0.25) is 4.79 Å². The van der Waals surface area contributed by atoms with Gasteiger partial charge in [-0.1, -0.05) is 12.1 Å². The van der Waals surface area contributed by atoms with Crippen LogP contribution >= 0.6 is 0 Å². The van der Waals surface area contributed by atoms with E-state index in [0.717, 1.165) is 28.5 Å². The van der Waals surface area contributed by atoms with E-state index in [1.54, 1.807) is 22.8 Å². The Labute approximate surface area is 141 Å². The summed E-state index contributed by atoms with van der Waals surface area (Å²) in [4.78, 5) is 14.4. The molecular formula is C19H21N3O2. The Kier molecular flexibility index (Phi) is 4.25. The number of nitrogens with zero attached hydrogens (tertiary/aromatic N) is 3. The molecule has 0 atom stereocenters. The topological polar surface area (TPSA) is 51.3 Å². The first kappa shape index (κ1) is 16.1. The van der Waals surface area contributed by atoms with E-state index < -0.39 is 0 Å². The van der Waals surface area contributed by atoms with Crippen molar-refractivity contribution in [3.05, 3.63) is 70.9 Å². The minimum absolute atomic E-state index is 0.0690. The monoisotopic (exact) mass is 323 g/mol. The summed E-state index contributed by atoms with van der Waals surface area (Å²) >= 11 is 0. The number of rotatable bonds is 4. The summed E-state index contributed by atoms with van der Waals surface area (Å²) in [6.45, 7) is 6.27. The number of amides is 1. The Bertz CT molecular complexity index is 876. The van der Waals surface area contributed by atoms with Gasteiger partial charge in [-0.05, 0) is 50.6 Å². The second kappa shape index (κ2) is 6.35. The van der Waals surface area contributed by atoms with E-state index in [2.05, 4.69) is 5.10 Å². The highest BCUT2D eigenvalue weighted by Gasteiger charge is 2.19. The first-order valence-electron chi connectivity index (χ1n) is 7.88. The smallest absolute Gasteiger partial charge is 0.257 e. The van der Waals surface area contributed by atoms with E-state index >= 15 is 0 Å². The van der Waals surface area contributed by atoms with E-state index in [-0.39, 0.29) is 5.91 Å². The fourth-order valence-electron chi connectivity index (χ4n) is 2.72. The van der Waals surface area contributed by atoms with E-state index in [1.165, 1.54) is 0 Å². The molecule has 124 valence electrons. The van der Waals surface area contributed by atoms with Gasteiger partial charge in [-0.2, -0.15) is 5.10 Å². The summed E-state index contributed by atoms with van der Waals surface area (Å²) < 4.78 is 7.34. The van der Waals surface area contributed by atoms with E-state index in [1.807, 2.05) is 57.2 Å². The minimum Gasteiger partial charge on any atom is -0.464 e. The molecule has 5 nitrogen and oxygen atoms in total. The molecule has 0 fully saturated rings. The lowest BCUT2D eigenvalue weighted by Crippen LogP contribution is -2.26. The van der Waals surface area contributed by atoms with Crippen molar-refractivity contribution < 1.29 is 9.21 Å². The van der Waals surface area contributed by atoms with Crippen molar-refractivity contribution in [1.82, 2.24) is 14.7 Å². The molecule has 2 heterocycles. The molecule has 1 amide bonds. The third-order valence-electron chi connectivity index (χ3n) is 4.02. The molecule has 0 saturated carbocycles. The molecule has 0 unspecified atom stereocenters. The predicted molar refractivity (Wildman–Crippen MR) is 92.3 cm³/mol. The molecule has 5 heteroatoms. The van der Waals surface area contributed by atoms with Gasteiger partial charge in [0.05, 0.1) is 29.7 Å². The third-order valence-corrected chi connectivity index (χ3v) is 4.02. The van der Waals surface area contributed by atoms with Crippen molar-refractivity contribution in [3.8, 4) is 5.69 Å². The van der Waals surface area contributed by atoms with Crippen molar-refractivity contribution in [2.24, 2.45) is 0 Å². The number of carbonyl (C=O) groups is 1. The molecule has 3 rings (SSSR count). The number of benzene rings is 1. The lowest BCUT2D eigenvalue weighted by atomic mass is 10.2. The van der Waals surface area contributed by atoms with Gasteiger partial charge in [-0.15, -0.1) is 0 Å². The van der Waals surface area contributed by atoms with Crippen molar-refractivity contribution in [3.63, 3.8) is 0 Å². The van der Waals surface area contributed by atoms with Crippen LogP contribution < -0.4 is 0 Å². The molecule has 0 radical (unpaired) electrons. The maximum Gasteiger partial charge on any atom is 0.257 e. The molecule has 0 spiro atoms. The zero-order valence-electron chi connectivity index (χ0n) is 14.4. The lowest BCUT2D eigenvalue weighted by molar-refractivity contribution is 0.0774. The molecule has 3 aromatic rings. The van der Waals surface area contributed by atoms with Crippen molar-refractivity contribution in [2.45, 2.75) is 27.3 Å². The zero-order valence-corrected chi connectivity index (χ0v) is 14.4. The molecule has 0 saturated heterocycles. The molecule has 0 aliphatic heterocycles. The fraction of sp³-hybridized carbons (Fsp3) is 0.263. The third kappa shape index (κ3) is 3.11. The van der Waals surface area contributed by atoms with E-state index in [4.69, 9.17) is 4.42 Å². The Morgan fingerprint density at radius 1 is 1.21 bits per heavy atom. The molecule has 2 aromatic heterocycles. The number of aromatic nitrogens is 2. The van der Waals surface area contributed by atoms with Gasteiger partial charge in [0.15, 0.2) is 0 Å². The Morgan fingerprint density at radius 2 is 2.00 bits per heavy atom. The Balaban J connectivity index is 1.83. The van der Waals surface area contributed by atoms with Crippen molar-refractivity contribution >= 4 is 5.91 Å². The number of hydrogen-bond acceptors (Lipinski definition) is 3. The first-order chi connectivity index (χ1) is 11.5. The van der Waals surface area contributed by atoms with Gasteiger partial charge in [0.1, 0.15) is 11.5 Å². The van der Waals surface area contributed by atoms with Crippen LogP contribution in [0.4, 0.5) is 0 Å². The Morgan fingerprint density at radius 3 is 2.67 bits per heavy atom. The van der Waals surface area contributed by atoms with Crippen LogP contribution in [-0.4, -0.2) is 27.6 Å². The highest BCUT2D eigenvalue weighted by molar-refractivity contribution is 5.95. The highest BCUT2D eigenvalue weighted by Crippen LogP contribution is 2.18. The largest absolute Gasteiger partial charge is 0.464 e. The molecule has 1 aromatic carbocycles. The van der Waals surface area contributed by atoms with Crippen LogP contribution in [0.15, 0.2) is 47.0 Å².